The summed E-state index contributed by atoms with van der Waals surface area (Å²) in [5.41, 5.74) is 6.33. The highest BCUT2D eigenvalue weighted by Gasteiger charge is 2.39. The molecule has 3 unspecified atom stereocenters. The topological polar surface area (TPSA) is 34.0 Å². The standard InChI is InChI=1S/C27H41N3O/c1-3-28(4-2)18-22(31)19-29-15-16-30-25-14-13-21(20-9-6-5-7-10-20)17-24(25)23-11-8-12-26(29)27(23)30/h13-14,17,20,22,26,31H,3-12,15-16,18-19H2,1-2H3/p+2. The van der Waals surface area contributed by atoms with Crippen LogP contribution < -0.4 is 9.80 Å². The zero-order valence-electron chi connectivity index (χ0n) is 19.8. The monoisotopic (exact) mass is 425 g/mol. The Morgan fingerprint density at radius 2 is 1.90 bits per heavy atom. The minimum Gasteiger partial charge on any atom is -0.382 e. The molecule has 2 heterocycles. The molecule has 1 aromatic carbocycles. The number of quaternary nitrogens is 2. The van der Waals surface area contributed by atoms with Crippen molar-refractivity contribution in [1.29, 1.82) is 0 Å². The molecule has 3 N–H and O–H groups in total. The fourth-order valence-electron chi connectivity index (χ4n) is 6.99. The Hall–Kier alpha value is -1.36. The zero-order chi connectivity index (χ0) is 21.4. The van der Waals surface area contributed by atoms with Gasteiger partial charge in [-0.1, -0.05) is 25.3 Å². The predicted octanol–water partition coefficient (Wildman–Crippen LogP) is 2.25. The van der Waals surface area contributed by atoms with Gasteiger partial charge in [0, 0.05) is 17.3 Å². The van der Waals surface area contributed by atoms with E-state index >= 15 is 0 Å². The molecule has 2 aromatic rings. The Labute approximate surface area is 188 Å². The zero-order valence-corrected chi connectivity index (χ0v) is 19.8. The lowest BCUT2D eigenvalue weighted by atomic mass is 9.83. The molecule has 1 saturated carbocycles. The van der Waals surface area contributed by atoms with Gasteiger partial charge in [0.05, 0.1) is 31.9 Å². The molecule has 31 heavy (non-hydrogen) atoms. The van der Waals surface area contributed by atoms with Crippen molar-refractivity contribution in [3.8, 4) is 0 Å². The van der Waals surface area contributed by atoms with Crippen LogP contribution in [-0.2, 0) is 13.0 Å². The van der Waals surface area contributed by atoms with Gasteiger partial charge in [-0.25, -0.2) is 0 Å². The summed E-state index contributed by atoms with van der Waals surface area (Å²) in [6, 6.07) is 8.03. The SMILES string of the molecule is CC[NH+](CC)CC(O)C[NH+]1CCn2c3c(c4cc(C5CCCCC5)ccc42)CCCC31. The van der Waals surface area contributed by atoms with Crippen LogP contribution in [0.2, 0.25) is 0 Å². The van der Waals surface area contributed by atoms with E-state index in [1.54, 1.807) is 27.1 Å². The van der Waals surface area contributed by atoms with E-state index in [1.807, 2.05) is 0 Å². The van der Waals surface area contributed by atoms with Crippen LogP contribution >= 0.6 is 0 Å². The largest absolute Gasteiger partial charge is 0.382 e. The van der Waals surface area contributed by atoms with Gasteiger partial charge >= 0.3 is 0 Å². The second-order valence-electron chi connectivity index (χ2n) is 10.5. The number of hydrogen-bond donors (Lipinski definition) is 3. The van der Waals surface area contributed by atoms with Crippen molar-refractivity contribution in [2.24, 2.45) is 0 Å². The Balaban J connectivity index is 1.42. The number of rotatable bonds is 7. The third-order valence-electron chi connectivity index (χ3n) is 8.73. The van der Waals surface area contributed by atoms with Gasteiger partial charge in [0.15, 0.2) is 6.10 Å². The Morgan fingerprint density at radius 1 is 1.10 bits per heavy atom. The number of aryl methyl sites for hydroxylation is 1. The van der Waals surface area contributed by atoms with E-state index in [0.29, 0.717) is 6.04 Å². The van der Waals surface area contributed by atoms with E-state index in [0.717, 1.165) is 45.2 Å². The minimum atomic E-state index is -0.191. The second kappa shape index (κ2) is 9.25. The molecule has 0 radical (unpaired) electrons. The number of aliphatic hydroxyl groups is 1. The van der Waals surface area contributed by atoms with Crippen LogP contribution in [0.3, 0.4) is 0 Å². The van der Waals surface area contributed by atoms with Crippen molar-refractivity contribution in [2.75, 3.05) is 32.7 Å². The molecular formula is C27H43N3O+2. The highest BCUT2D eigenvalue weighted by molar-refractivity contribution is 5.87. The maximum atomic E-state index is 10.9. The Bertz CT molecular complexity index is 894. The highest BCUT2D eigenvalue weighted by atomic mass is 16.3. The molecular weight excluding hydrogens is 382 g/mol. The molecule has 4 heteroatoms. The van der Waals surface area contributed by atoms with Crippen LogP contribution in [0.4, 0.5) is 0 Å². The second-order valence-corrected chi connectivity index (χ2v) is 10.5. The van der Waals surface area contributed by atoms with Gasteiger partial charge in [-0.3, -0.25) is 0 Å². The fraction of sp³-hybridized carbons (Fsp3) is 0.704. The lowest BCUT2D eigenvalue weighted by molar-refractivity contribution is -0.948. The fourth-order valence-corrected chi connectivity index (χ4v) is 6.99. The van der Waals surface area contributed by atoms with Crippen LogP contribution in [0.25, 0.3) is 10.9 Å². The molecule has 0 spiro atoms. The van der Waals surface area contributed by atoms with Gasteiger partial charge in [0.1, 0.15) is 19.1 Å². The quantitative estimate of drug-likeness (QED) is 0.625. The molecule has 0 saturated heterocycles. The molecule has 3 atom stereocenters. The van der Waals surface area contributed by atoms with Crippen LogP contribution in [-0.4, -0.2) is 48.5 Å². The van der Waals surface area contributed by atoms with E-state index in [4.69, 9.17) is 0 Å². The first-order chi connectivity index (χ1) is 15.2. The first-order valence-corrected chi connectivity index (χ1v) is 13.2. The third-order valence-corrected chi connectivity index (χ3v) is 8.73. The average molecular weight is 426 g/mol. The smallest absolute Gasteiger partial charge is 0.152 e. The van der Waals surface area contributed by atoms with Crippen molar-refractivity contribution in [3.05, 3.63) is 35.0 Å². The molecule has 0 bridgehead atoms. The predicted molar refractivity (Wildman–Crippen MR) is 127 cm³/mol. The molecule has 170 valence electrons. The van der Waals surface area contributed by atoms with Crippen LogP contribution in [0.15, 0.2) is 18.2 Å². The van der Waals surface area contributed by atoms with Gasteiger partial charge in [-0.05, 0) is 68.7 Å². The van der Waals surface area contributed by atoms with Gasteiger partial charge in [0.25, 0.3) is 0 Å². The van der Waals surface area contributed by atoms with E-state index in [1.165, 1.54) is 61.8 Å². The van der Waals surface area contributed by atoms with Crippen LogP contribution in [0, 0.1) is 0 Å². The number of fused-ring (bicyclic) bond motifs is 3. The van der Waals surface area contributed by atoms with Crippen LogP contribution in [0.1, 0.15) is 87.6 Å². The van der Waals surface area contributed by atoms with Crippen molar-refractivity contribution < 1.29 is 14.9 Å². The van der Waals surface area contributed by atoms with Gasteiger partial charge in [-0.2, -0.15) is 0 Å². The summed E-state index contributed by atoms with van der Waals surface area (Å²) < 4.78 is 2.66. The molecule has 5 rings (SSSR count). The molecule has 1 fully saturated rings. The first-order valence-electron chi connectivity index (χ1n) is 13.2. The van der Waals surface area contributed by atoms with Crippen LogP contribution in [0.5, 0.6) is 0 Å². The molecule has 1 aliphatic heterocycles. The summed E-state index contributed by atoms with van der Waals surface area (Å²) in [5.74, 6) is 0.779. The number of likely N-dealkylation sites (N-methyl/N-ethyl adjacent to an activating group) is 1. The van der Waals surface area contributed by atoms with E-state index in [-0.39, 0.29) is 6.10 Å². The van der Waals surface area contributed by atoms with Crippen molar-refractivity contribution >= 4 is 10.9 Å². The van der Waals surface area contributed by atoms with Gasteiger partial charge in [-0.15, -0.1) is 0 Å². The lowest BCUT2D eigenvalue weighted by Crippen LogP contribution is -3.17. The van der Waals surface area contributed by atoms with E-state index in [9.17, 15) is 5.11 Å². The lowest BCUT2D eigenvalue weighted by Gasteiger charge is -2.38. The average Bonchev–Trinajstić information content (AvgIpc) is 3.14. The number of nitrogens with zero attached hydrogens (tertiary/aromatic N) is 1. The molecule has 4 nitrogen and oxygen atoms in total. The summed E-state index contributed by atoms with van der Waals surface area (Å²) in [5, 5.41) is 12.4. The van der Waals surface area contributed by atoms with Crippen molar-refractivity contribution in [1.82, 2.24) is 4.57 Å². The minimum absolute atomic E-state index is 0.191. The maximum absolute atomic E-state index is 10.9. The van der Waals surface area contributed by atoms with E-state index < -0.39 is 0 Å². The molecule has 2 aliphatic carbocycles. The molecule has 0 amide bonds. The summed E-state index contributed by atoms with van der Waals surface area (Å²) in [4.78, 5) is 3.14. The maximum Gasteiger partial charge on any atom is 0.152 e. The van der Waals surface area contributed by atoms with Crippen molar-refractivity contribution in [3.63, 3.8) is 0 Å². The van der Waals surface area contributed by atoms with Gasteiger partial charge in [0.2, 0.25) is 0 Å². The molecule has 1 aromatic heterocycles. The summed E-state index contributed by atoms with van der Waals surface area (Å²) in [7, 11) is 0. The number of benzene rings is 1. The third kappa shape index (κ3) is 4.07. The molecule has 3 aliphatic rings. The number of aromatic nitrogens is 1. The number of nitrogens with one attached hydrogen (secondary N) is 2. The number of aliphatic hydroxyl groups excluding tert-OH is 1. The Morgan fingerprint density at radius 3 is 2.68 bits per heavy atom. The highest BCUT2D eigenvalue weighted by Crippen LogP contribution is 2.40. The van der Waals surface area contributed by atoms with E-state index in [2.05, 4.69) is 36.6 Å². The summed E-state index contributed by atoms with van der Waals surface area (Å²) in [6.07, 6.45) is 10.6. The van der Waals surface area contributed by atoms with Gasteiger partial charge < -0.3 is 19.5 Å². The number of hydrogen-bond acceptors (Lipinski definition) is 1. The normalized spacial score (nSPS) is 25.2. The summed E-state index contributed by atoms with van der Waals surface area (Å²) in [6.45, 7) is 10.7. The first kappa shape index (κ1) is 21.5. The summed E-state index contributed by atoms with van der Waals surface area (Å²) >= 11 is 0. The Kier molecular flexibility index (Phi) is 6.41. The van der Waals surface area contributed by atoms with Crippen molar-refractivity contribution in [2.45, 2.75) is 89.8 Å².